The number of hydrogen-bond acceptors (Lipinski definition) is 4. The molecule has 2 N–H and O–H groups in total. The van der Waals surface area contributed by atoms with Crippen molar-refractivity contribution in [3.63, 3.8) is 0 Å². The van der Waals surface area contributed by atoms with E-state index in [9.17, 15) is 4.79 Å². The monoisotopic (exact) mass is 347 g/mol. The minimum atomic E-state index is -0.196. The smallest absolute Gasteiger partial charge is 0.274 e. The minimum absolute atomic E-state index is 0.0372. The normalized spacial score (nSPS) is 20.2. The number of carbonyl (C=O) groups excluding carboxylic acids is 1. The van der Waals surface area contributed by atoms with Crippen LogP contribution >= 0.6 is 0 Å². The third-order valence-electron chi connectivity index (χ3n) is 4.92. The van der Waals surface area contributed by atoms with Gasteiger partial charge in [-0.2, -0.15) is 15.4 Å². The van der Waals surface area contributed by atoms with Crippen molar-refractivity contribution >= 4 is 5.91 Å². The van der Waals surface area contributed by atoms with Gasteiger partial charge in [0.25, 0.3) is 5.91 Å². The molecule has 1 saturated heterocycles. The zero-order valence-corrected chi connectivity index (χ0v) is 14.6. The summed E-state index contributed by atoms with van der Waals surface area (Å²) in [4.78, 5) is 15.2. The van der Waals surface area contributed by atoms with E-state index in [1.54, 1.807) is 0 Å². The van der Waals surface area contributed by atoms with Gasteiger partial charge in [0.2, 0.25) is 0 Å². The second kappa shape index (κ2) is 7.09. The van der Waals surface area contributed by atoms with Gasteiger partial charge in [-0.25, -0.2) is 0 Å². The fourth-order valence-corrected chi connectivity index (χ4v) is 3.66. The SMILES string of the molecule is CN1CC[C@H](NC(=O)c2n[nH]nc2-c2ccccc2)[C@H]1c1ccccc1. The Morgan fingerprint density at radius 2 is 1.77 bits per heavy atom. The summed E-state index contributed by atoms with van der Waals surface area (Å²) in [7, 11) is 2.09. The Bertz CT molecular complexity index is 877. The largest absolute Gasteiger partial charge is 0.346 e. The number of nitrogens with zero attached hydrogens (tertiary/aromatic N) is 3. The van der Waals surface area contributed by atoms with Gasteiger partial charge in [-0.15, -0.1) is 0 Å². The van der Waals surface area contributed by atoms with Gasteiger partial charge in [-0.3, -0.25) is 9.69 Å². The summed E-state index contributed by atoms with van der Waals surface area (Å²) in [5.74, 6) is -0.196. The zero-order valence-electron chi connectivity index (χ0n) is 14.6. The molecule has 1 aliphatic rings. The lowest BCUT2D eigenvalue weighted by Crippen LogP contribution is -2.39. The average Bonchev–Trinajstić information content (AvgIpc) is 3.30. The van der Waals surface area contributed by atoms with Crippen molar-refractivity contribution in [2.75, 3.05) is 13.6 Å². The molecule has 2 aromatic carbocycles. The molecule has 2 atom stereocenters. The van der Waals surface area contributed by atoms with E-state index < -0.39 is 0 Å². The standard InChI is InChI=1S/C20H21N5O/c1-25-13-12-16(19(25)15-10-6-3-7-11-15)21-20(26)18-17(22-24-23-18)14-8-4-2-5-9-14/h2-11,16,19H,12-13H2,1H3,(H,21,26)(H,22,23,24)/t16-,19+/m0/s1. The lowest BCUT2D eigenvalue weighted by molar-refractivity contribution is 0.0923. The van der Waals surface area contributed by atoms with Gasteiger partial charge in [-0.05, 0) is 19.0 Å². The maximum atomic E-state index is 12.9. The molecule has 4 rings (SSSR count). The van der Waals surface area contributed by atoms with Crippen molar-refractivity contribution in [2.24, 2.45) is 0 Å². The fraction of sp³-hybridized carbons (Fsp3) is 0.250. The summed E-state index contributed by atoms with van der Waals surface area (Å²) < 4.78 is 0. The third-order valence-corrected chi connectivity index (χ3v) is 4.92. The molecule has 1 aliphatic heterocycles. The fourth-order valence-electron chi connectivity index (χ4n) is 3.66. The number of likely N-dealkylation sites (tertiary alicyclic amines) is 1. The highest BCUT2D eigenvalue weighted by molar-refractivity contribution is 5.98. The lowest BCUT2D eigenvalue weighted by atomic mass is 10.00. The van der Waals surface area contributed by atoms with E-state index in [-0.39, 0.29) is 18.0 Å². The first-order chi connectivity index (χ1) is 12.7. The molecule has 6 nitrogen and oxygen atoms in total. The van der Waals surface area contributed by atoms with Crippen LogP contribution in [-0.2, 0) is 0 Å². The van der Waals surface area contributed by atoms with Crippen LogP contribution in [0.5, 0.6) is 0 Å². The maximum absolute atomic E-state index is 12.9. The molecule has 0 bridgehead atoms. The van der Waals surface area contributed by atoms with E-state index in [4.69, 9.17) is 0 Å². The van der Waals surface area contributed by atoms with Crippen LogP contribution in [0.25, 0.3) is 11.3 Å². The molecule has 1 aromatic heterocycles. The zero-order chi connectivity index (χ0) is 17.9. The van der Waals surface area contributed by atoms with E-state index in [1.807, 2.05) is 48.5 Å². The van der Waals surface area contributed by atoms with Crippen molar-refractivity contribution in [2.45, 2.75) is 18.5 Å². The summed E-state index contributed by atoms with van der Waals surface area (Å²) in [5, 5.41) is 14.0. The highest BCUT2D eigenvalue weighted by Gasteiger charge is 2.34. The van der Waals surface area contributed by atoms with Gasteiger partial charge in [0.1, 0.15) is 5.69 Å². The molecule has 0 aliphatic carbocycles. The molecule has 0 saturated carbocycles. The highest BCUT2D eigenvalue weighted by atomic mass is 16.2. The summed E-state index contributed by atoms with van der Waals surface area (Å²) in [6.45, 7) is 0.939. The van der Waals surface area contributed by atoms with Crippen LogP contribution in [0.15, 0.2) is 60.7 Å². The summed E-state index contributed by atoms with van der Waals surface area (Å²) in [6.07, 6.45) is 0.903. The first kappa shape index (κ1) is 16.5. The van der Waals surface area contributed by atoms with Crippen molar-refractivity contribution in [1.82, 2.24) is 25.6 Å². The van der Waals surface area contributed by atoms with Crippen molar-refractivity contribution in [3.05, 3.63) is 71.9 Å². The first-order valence-corrected chi connectivity index (χ1v) is 8.76. The van der Waals surface area contributed by atoms with Gasteiger partial charge in [0.05, 0.1) is 12.1 Å². The summed E-state index contributed by atoms with van der Waals surface area (Å²) >= 11 is 0. The van der Waals surface area contributed by atoms with Crippen molar-refractivity contribution in [3.8, 4) is 11.3 Å². The maximum Gasteiger partial charge on any atom is 0.274 e. The first-order valence-electron chi connectivity index (χ1n) is 8.76. The predicted molar refractivity (Wildman–Crippen MR) is 99.5 cm³/mol. The molecule has 1 fully saturated rings. The number of aromatic nitrogens is 3. The molecule has 3 aromatic rings. The number of likely N-dealkylation sites (N-methyl/N-ethyl adjacent to an activating group) is 1. The van der Waals surface area contributed by atoms with Crippen LogP contribution in [0, 0.1) is 0 Å². The van der Waals surface area contributed by atoms with Crippen LogP contribution in [0.2, 0.25) is 0 Å². The molecule has 132 valence electrons. The Hall–Kier alpha value is -2.99. The van der Waals surface area contributed by atoms with Gasteiger partial charge in [-0.1, -0.05) is 60.7 Å². The van der Waals surface area contributed by atoms with Gasteiger partial charge < -0.3 is 5.32 Å². The topological polar surface area (TPSA) is 73.9 Å². The van der Waals surface area contributed by atoms with Gasteiger partial charge >= 0.3 is 0 Å². The van der Waals surface area contributed by atoms with Crippen LogP contribution < -0.4 is 5.32 Å². The van der Waals surface area contributed by atoms with E-state index in [1.165, 1.54) is 5.56 Å². The number of carbonyl (C=O) groups is 1. The Morgan fingerprint density at radius 3 is 2.50 bits per heavy atom. The van der Waals surface area contributed by atoms with Crippen LogP contribution in [0.1, 0.15) is 28.5 Å². The molecule has 1 amide bonds. The number of aromatic amines is 1. The highest BCUT2D eigenvalue weighted by Crippen LogP contribution is 2.31. The van der Waals surface area contributed by atoms with E-state index in [0.29, 0.717) is 11.4 Å². The van der Waals surface area contributed by atoms with Crippen LogP contribution in [0.4, 0.5) is 0 Å². The predicted octanol–water partition coefficient (Wildman–Crippen LogP) is 2.65. The molecular weight excluding hydrogens is 326 g/mol. The Morgan fingerprint density at radius 1 is 1.08 bits per heavy atom. The molecule has 2 heterocycles. The lowest BCUT2D eigenvalue weighted by Gasteiger charge is -2.26. The summed E-state index contributed by atoms with van der Waals surface area (Å²) in [6, 6.07) is 20.1. The Balaban J connectivity index is 1.56. The Labute approximate surface area is 152 Å². The van der Waals surface area contributed by atoms with E-state index in [2.05, 4.69) is 44.8 Å². The molecule has 26 heavy (non-hydrogen) atoms. The van der Waals surface area contributed by atoms with Crippen molar-refractivity contribution < 1.29 is 4.79 Å². The average molecular weight is 347 g/mol. The number of H-pyrrole nitrogens is 1. The van der Waals surface area contributed by atoms with E-state index in [0.717, 1.165) is 18.5 Å². The second-order valence-electron chi connectivity index (χ2n) is 6.59. The minimum Gasteiger partial charge on any atom is -0.346 e. The molecular formula is C20H21N5O. The van der Waals surface area contributed by atoms with Crippen LogP contribution in [-0.4, -0.2) is 45.9 Å². The van der Waals surface area contributed by atoms with Crippen molar-refractivity contribution in [1.29, 1.82) is 0 Å². The molecule has 0 unspecified atom stereocenters. The number of benzene rings is 2. The second-order valence-corrected chi connectivity index (χ2v) is 6.59. The number of hydrogen-bond donors (Lipinski definition) is 2. The third kappa shape index (κ3) is 3.11. The molecule has 0 spiro atoms. The molecule has 0 radical (unpaired) electrons. The summed E-state index contributed by atoms with van der Waals surface area (Å²) in [5.41, 5.74) is 2.99. The van der Waals surface area contributed by atoms with Crippen LogP contribution in [0.3, 0.4) is 0 Å². The number of nitrogens with one attached hydrogen (secondary N) is 2. The van der Waals surface area contributed by atoms with Gasteiger partial charge in [0.15, 0.2) is 5.69 Å². The Kier molecular flexibility index (Phi) is 4.50. The molecule has 6 heteroatoms. The van der Waals surface area contributed by atoms with E-state index >= 15 is 0 Å². The number of amides is 1. The quantitative estimate of drug-likeness (QED) is 0.761. The van der Waals surface area contributed by atoms with Gasteiger partial charge in [0, 0.05) is 12.1 Å². The number of rotatable bonds is 4.